The quantitative estimate of drug-likeness (QED) is 0.501. The lowest BCUT2D eigenvalue weighted by molar-refractivity contribution is -0.384. The number of ether oxygens (including phenoxy) is 1. The third kappa shape index (κ3) is 3.34. The molecular formula is C18H17N3O5. The van der Waals surface area contributed by atoms with Crippen LogP contribution in [0.5, 0.6) is 0 Å². The number of hydrogen-bond acceptors (Lipinski definition) is 5. The molecule has 0 saturated carbocycles. The van der Waals surface area contributed by atoms with Gasteiger partial charge in [0.15, 0.2) is 0 Å². The number of nitrogens with one attached hydrogen (secondary N) is 1. The standard InChI is InChI=1S/C18H17N3O5/c1-2-26-17(22)11-16-14-5-3-4-6-15(14)19-18(23)20(16)12-7-9-13(10-8-12)21(24)25/h3-10,16H,2,11H2,1H3,(H,19,23). The van der Waals surface area contributed by atoms with Crippen molar-refractivity contribution in [2.24, 2.45) is 0 Å². The number of non-ortho nitro benzene ring substituents is 1. The van der Waals surface area contributed by atoms with Gasteiger partial charge in [-0.05, 0) is 30.7 Å². The summed E-state index contributed by atoms with van der Waals surface area (Å²) in [6.07, 6.45) is -0.0186. The van der Waals surface area contributed by atoms with E-state index >= 15 is 0 Å². The van der Waals surface area contributed by atoms with Crippen molar-refractivity contribution >= 4 is 29.1 Å². The molecule has 3 rings (SSSR count). The lowest BCUT2D eigenvalue weighted by Crippen LogP contribution is -2.43. The van der Waals surface area contributed by atoms with Crippen molar-refractivity contribution in [2.45, 2.75) is 19.4 Å². The first kappa shape index (κ1) is 17.4. The van der Waals surface area contributed by atoms with E-state index in [0.29, 0.717) is 11.4 Å². The molecule has 1 N–H and O–H groups in total. The van der Waals surface area contributed by atoms with Gasteiger partial charge >= 0.3 is 12.0 Å². The number of esters is 1. The Morgan fingerprint density at radius 2 is 1.92 bits per heavy atom. The Labute approximate surface area is 149 Å². The summed E-state index contributed by atoms with van der Waals surface area (Å²) < 4.78 is 5.04. The number of nitro benzene ring substituents is 1. The maximum Gasteiger partial charge on any atom is 0.326 e. The van der Waals surface area contributed by atoms with Crippen molar-refractivity contribution in [3.05, 3.63) is 64.2 Å². The fourth-order valence-corrected chi connectivity index (χ4v) is 2.97. The molecule has 1 aliphatic heterocycles. The van der Waals surface area contributed by atoms with E-state index in [1.165, 1.54) is 29.2 Å². The van der Waals surface area contributed by atoms with E-state index in [2.05, 4.69) is 5.32 Å². The van der Waals surface area contributed by atoms with Gasteiger partial charge in [-0.25, -0.2) is 4.79 Å². The Bertz CT molecular complexity index is 850. The smallest absolute Gasteiger partial charge is 0.326 e. The molecule has 1 aliphatic rings. The topological polar surface area (TPSA) is 102 Å². The van der Waals surface area contributed by atoms with E-state index in [0.717, 1.165) is 5.56 Å². The van der Waals surface area contributed by atoms with Gasteiger partial charge in [-0.2, -0.15) is 0 Å². The third-order valence-corrected chi connectivity index (χ3v) is 4.10. The monoisotopic (exact) mass is 355 g/mol. The van der Waals surface area contributed by atoms with Gasteiger partial charge in [0.05, 0.1) is 24.0 Å². The third-order valence-electron chi connectivity index (χ3n) is 4.10. The minimum atomic E-state index is -0.569. The van der Waals surface area contributed by atoms with E-state index in [9.17, 15) is 19.7 Å². The number of carbonyl (C=O) groups excluding carboxylic acids is 2. The Morgan fingerprint density at radius 1 is 1.23 bits per heavy atom. The Balaban J connectivity index is 2.01. The molecule has 2 aromatic carbocycles. The molecule has 1 atom stereocenters. The van der Waals surface area contributed by atoms with Gasteiger partial charge in [0.25, 0.3) is 5.69 Å². The summed E-state index contributed by atoms with van der Waals surface area (Å²) in [5.74, 6) is -0.422. The summed E-state index contributed by atoms with van der Waals surface area (Å²) >= 11 is 0. The number of amides is 2. The number of nitro groups is 1. The van der Waals surface area contributed by atoms with Crippen molar-refractivity contribution in [1.82, 2.24) is 0 Å². The van der Waals surface area contributed by atoms with E-state index in [1.807, 2.05) is 12.1 Å². The molecule has 0 aliphatic carbocycles. The first-order valence-electron chi connectivity index (χ1n) is 8.10. The number of hydrogen-bond donors (Lipinski definition) is 1. The zero-order valence-corrected chi connectivity index (χ0v) is 14.0. The highest BCUT2D eigenvalue weighted by molar-refractivity contribution is 6.05. The molecule has 0 saturated heterocycles. The molecule has 8 nitrogen and oxygen atoms in total. The molecule has 1 unspecified atom stereocenters. The molecule has 26 heavy (non-hydrogen) atoms. The fourth-order valence-electron chi connectivity index (χ4n) is 2.97. The van der Waals surface area contributed by atoms with Crippen molar-refractivity contribution in [1.29, 1.82) is 0 Å². The summed E-state index contributed by atoms with van der Waals surface area (Å²) in [4.78, 5) is 36.5. The number of carbonyl (C=O) groups is 2. The predicted octanol–water partition coefficient (Wildman–Crippen LogP) is 3.64. The zero-order valence-electron chi connectivity index (χ0n) is 14.0. The van der Waals surface area contributed by atoms with Gasteiger partial charge in [-0.1, -0.05) is 18.2 Å². The largest absolute Gasteiger partial charge is 0.466 e. The molecule has 1 heterocycles. The lowest BCUT2D eigenvalue weighted by atomic mass is 9.97. The zero-order chi connectivity index (χ0) is 18.7. The van der Waals surface area contributed by atoms with Gasteiger partial charge < -0.3 is 10.1 Å². The van der Waals surface area contributed by atoms with E-state index < -0.39 is 23.0 Å². The van der Waals surface area contributed by atoms with Gasteiger partial charge in [-0.3, -0.25) is 19.8 Å². The van der Waals surface area contributed by atoms with Crippen LogP contribution in [-0.2, 0) is 9.53 Å². The van der Waals surface area contributed by atoms with E-state index in [-0.39, 0.29) is 18.7 Å². The van der Waals surface area contributed by atoms with Crippen molar-refractivity contribution < 1.29 is 19.2 Å². The maximum atomic E-state index is 12.7. The summed E-state index contributed by atoms with van der Waals surface area (Å²) in [5, 5.41) is 13.6. The lowest BCUT2D eigenvalue weighted by Gasteiger charge is -2.37. The van der Waals surface area contributed by atoms with Crippen molar-refractivity contribution in [3.8, 4) is 0 Å². The Hall–Kier alpha value is -3.42. The molecule has 8 heteroatoms. The highest BCUT2D eigenvalue weighted by Crippen LogP contribution is 2.38. The molecule has 0 radical (unpaired) electrons. The molecule has 0 fully saturated rings. The van der Waals surface area contributed by atoms with Crippen LogP contribution in [0.2, 0.25) is 0 Å². The van der Waals surface area contributed by atoms with Crippen LogP contribution in [-0.4, -0.2) is 23.5 Å². The summed E-state index contributed by atoms with van der Waals surface area (Å²) in [6, 6.07) is 11.9. The predicted molar refractivity (Wildman–Crippen MR) is 95.0 cm³/mol. The molecule has 2 aromatic rings. The minimum absolute atomic E-state index is 0.0186. The van der Waals surface area contributed by atoms with Crippen molar-refractivity contribution in [3.63, 3.8) is 0 Å². The van der Waals surface area contributed by atoms with Crippen LogP contribution in [0.15, 0.2) is 48.5 Å². The maximum absolute atomic E-state index is 12.7. The molecule has 134 valence electrons. The molecule has 0 bridgehead atoms. The van der Waals surface area contributed by atoms with E-state index in [4.69, 9.17) is 4.74 Å². The van der Waals surface area contributed by atoms with Crippen LogP contribution in [0.3, 0.4) is 0 Å². The first-order chi connectivity index (χ1) is 12.5. The number of fused-ring (bicyclic) bond motifs is 1. The normalized spacial score (nSPS) is 15.8. The first-order valence-corrected chi connectivity index (χ1v) is 8.10. The highest BCUT2D eigenvalue weighted by atomic mass is 16.6. The minimum Gasteiger partial charge on any atom is -0.466 e. The number of benzene rings is 2. The second kappa shape index (κ2) is 7.22. The van der Waals surface area contributed by atoms with Crippen LogP contribution >= 0.6 is 0 Å². The van der Waals surface area contributed by atoms with E-state index in [1.54, 1.807) is 19.1 Å². The van der Waals surface area contributed by atoms with Crippen LogP contribution < -0.4 is 10.2 Å². The van der Waals surface area contributed by atoms with Gasteiger partial charge in [0, 0.05) is 23.5 Å². The fraction of sp³-hybridized carbons (Fsp3) is 0.222. The van der Waals surface area contributed by atoms with Crippen LogP contribution in [0.1, 0.15) is 24.9 Å². The summed E-state index contributed by atoms with van der Waals surface area (Å²) in [7, 11) is 0. The second-order valence-electron chi connectivity index (χ2n) is 5.69. The average molecular weight is 355 g/mol. The number of urea groups is 1. The Kier molecular flexibility index (Phi) is 4.83. The van der Waals surface area contributed by atoms with Gasteiger partial charge in [-0.15, -0.1) is 0 Å². The van der Waals surface area contributed by atoms with Crippen LogP contribution in [0.4, 0.5) is 21.9 Å². The molecule has 0 aromatic heterocycles. The molecule has 0 spiro atoms. The second-order valence-corrected chi connectivity index (χ2v) is 5.69. The van der Waals surface area contributed by atoms with Gasteiger partial charge in [0.2, 0.25) is 0 Å². The number of para-hydroxylation sites is 1. The highest BCUT2D eigenvalue weighted by Gasteiger charge is 2.35. The SMILES string of the molecule is CCOC(=O)CC1c2ccccc2NC(=O)N1c1ccc([N+](=O)[O-])cc1. The average Bonchev–Trinajstić information content (AvgIpc) is 2.62. The van der Waals surface area contributed by atoms with Crippen LogP contribution in [0.25, 0.3) is 0 Å². The summed E-state index contributed by atoms with van der Waals surface area (Å²) in [6.45, 7) is 1.96. The number of rotatable bonds is 5. The Morgan fingerprint density at radius 3 is 2.58 bits per heavy atom. The van der Waals surface area contributed by atoms with Crippen LogP contribution in [0, 0.1) is 10.1 Å². The van der Waals surface area contributed by atoms with Crippen molar-refractivity contribution in [2.75, 3.05) is 16.8 Å². The molecule has 2 amide bonds. The summed E-state index contributed by atoms with van der Waals surface area (Å²) in [5.41, 5.74) is 1.79. The van der Waals surface area contributed by atoms with Gasteiger partial charge in [0.1, 0.15) is 0 Å². The number of anilines is 2. The molecular weight excluding hydrogens is 338 g/mol. The number of nitrogens with zero attached hydrogens (tertiary/aromatic N) is 2.